The molecule has 3 heterocycles. The molecule has 0 aliphatic rings. The number of benzene rings is 5. The molecule has 0 amide bonds. The Labute approximate surface area is 291 Å². The quantitative estimate of drug-likeness (QED) is 0.132. The van der Waals surface area contributed by atoms with E-state index >= 15 is 0 Å². The standard InChI is InChI=1S/C22H18N.C21H18NO.Ir/c1-15(2)17-11-12-23-22(14-17)19-9-10-21-18(13-19)8-7-16-5-3-4-6-20(16)21;1-21(2,3)17-11-7-10-15-16-13-22-18(12-19(16)23-20(15)17)14-8-5-4-6-9-14;/h3-8,10-15H,1-2H3;4-8,10-13H,1-3H3;/q2*-1;/i15D;;. The Bertz CT molecular complexity index is 2380. The molecule has 0 fully saturated rings. The van der Waals surface area contributed by atoms with Crippen molar-refractivity contribution in [3.63, 3.8) is 0 Å². The van der Waals surface area contributed by atoms with Crippen LogP contribution in [-0.2, 0) is 25.5 Å². The van der Waals surface area contributed by atoms with E-state index in [1.807, 2.05) is 68.6 Å². The summed E-state index contributed by atoms with van der Waals surface area (Å²) in [5.74, 6) is -0.634. The molecule has 0 atom stereocenters. The molecule has 0 N–H and O–H groups in total. The second kappa shape index (κ2) is 13.2. The second-order valence-corrected chi connectivity index (χ2v) is 12.9. The number of hydrogen-bond acceptors (Lipinski definition) is 3. The van der Waals surface area contributed by atoms with Gasteiger partial charge in [-0.3, -0.25) is 0 Å². The van der Waals surface area contributed by atoms with Gasteiger partial charge in [-0.25, -0.2) is 0 Å². The van der Waals surface area contributed by atoms with Crippen molar-refractivity contribution < 1.29 is 25.9 Å². The molecule has 5 aromatic carbocycles. The van der Waals surface area contributed by atoms with Crippen molar-refractivity contribution in [1.82, 2.24) is 9.97 Å². The van der Waals surface area contributed by atoms with Gasteiger partial charge in [-0.05, 0) is 40.2 Å². The average Bonchev–Trinajstić information content (AvgIpc) is 3.46. The molecule has 3 aromatic heterocycles. The van der Waals surface area contributed by atoms with Crippen LogP contribution in [0.2, 0.25) is 0 Å². The maximum absolute atomic E-state index is 8.22. The van der Waals surface area contributed by atoms with E-state index in [9.17, 15) is 0 Å². The van der Waals surface area contributed by atoms with Gasteiger partial charge < -0.3 is 14.4 Å². The predicted molar refractivity (Wildman–Crippen MR) is 192 cm³/mol. The number of fused-ring (bicyclic) bond motifs is 6. The van der Waals surface area contributed by atoms with Gasteiger partial charge in [0.15, 0.2) is 0 Å². The molecule has 0 saturated carbocycles. The fourth-order valence-electron chi connectivity index (χ4n) is 5.97. The third kappa shape index (κ3) is 6.49. The second-order valence-electron chi connectivity index (χ2n) is 12.9. The van der Waals surface area contributed by atoms with Crippen molar-refractivity contribution >= 4 is 43.5 Å². The first-order valence-electron chi connectivity index (χ1n) is 16.2. The van der Waals surface area contributed by atoms with Crippen LogP contribution in [0.4, 0.5) is 0 Å². The van der Waals surface area contributed by atoms with E-state index in [4.69, 9.17) is 5.79 Å². The SMILES string of the molecule is CC(C)(C)c1cccc2c1oc1cc(-c3[c-]cccc3)ncc12.[2H]C(C)(C)c1ccnc(-c2[c-]cc3c(ccc4ccccc43)c2)c1.[Ir]. The Balaban J connectivity index is 0.000000164. The summed E-state index contributed by atoms with van der Waals surface area (Å²) in [6, 6.07) is 43.6. The van der Waals surface area contributed by atoms with Gasteiger partial charge in [-0.1, -0.05) is 112 Å². The summed E-state index contributed by atoms with van der Waals surface area (Å²) in [6.07, 6.45) is 3.68. The topological polar surface area (TPSA) is 38.9 Å². The maximum Gasteiger partial charge on any atom is 0.139 e. The minimum atomic E-state index is -0.634. The Morgan fingerprint density at radius 1 is 0.702 bits per heavy atom. The van der Waals surface area contributed by atoms with Crippen LogP contribution in [0, 0.1) is 12.1 Å². The molecule has 0 saturated heterocycles. The third-order valence-corrected chi connectivity index (χ3v) is 8.47. The van der Waals surface area contributed by atoms with Crippen LogP contribution in [0.15, 0.2) is 126 Å². The molecule has 4 heteroatoms. The number of pyridine rings is 2. The minimum absolute atomic E-state index is 0. The van der Waals surface area contributed by atoms with Crippen molar-refractivity contribution in [2.45, 2.75) is 45.9 Å². The maximum atomic E-state index is 8.22. The molecule has 0 aliphatic heterocycles. The van der Waals surface area contributed by atoms with Gasteiger partial charge in [0.25, 0.3) is 0 Å². The van der Waals surface area contributed by atoms with Crippen LogP contribution in [0.3, 0.4) is 0 Å². The first kappa shape index (κ1) is 31.0. The molecule has 0 spiro atoms. The van der Waals surface area contributed by atoms with Gasteiger partial charge in [0.05, 0.1) is 0 Å². The molecule has 47 heavy (non-hydrogen) atoms. The largest absolute Gasteiger partial charge is 0.456 e. The first-order valence-corrected chi connectivity index (χ1v) is 15.7. The number of rotatable bonds is 3. The van der Waals surface area contributed by atoms with E-state index in [0.29, 0.717) is 0 Å². The van der Waals surface area contributed by atoms with Crippen LogP contribution >= 0.6 is 0 Å². The summed E-state index contributed by atoms with van der Waals surface area (Å²) in [7, 11) is 0. The van der Waals surface area contributed by atoms with Crippen LogP contribution in [0.5, 0.6) is 0 Å². The molecule has 0 bridgehead atoms. The smallest absolute Gasteiger partial charge is 0.139 e. The van der Waals surface area contributed by atoms with Crippen LogP contribution < -0.4 is 0 Å². The summed E-state index contributed by atoms with van der Waals surface area (Å²) in [6.45, 7) is 10.4. The molecule has 8 aromatic rings. The zero-order valence-corrected chi connectivity index (χ0v) is 29.6. The molecular formula is C43H36IrN2O-2. The summed E-state index contributed by atoms with van der Waals surface area (Å²) in [4.78, 5) is 9.08. The normalized spacial score (nSPS) is 12.1. The van der Waals surface area contributed by atoms with Crippen LogP contribution in [0.1, 0.15) is 53.0 Å². The third-order valence-electron chi connectivity index (χ3n) is 8.47. The van der Waals surface area contributed by atoms with Crippen molar-refractivity contribution in [3.8, 4) is 22.5 Å². The van der Waals surface area contributed by atoms with Gasteiger partial charge in [0.1, 0.15) is 11.2 Å². The number of hydrogen-bond donors (Lipinski definition) is 0. The molecule has 235 valence electrons. The summed E-state index contributed by atoms with van der Waals surface area (Å²) in [5, 5.41) is 7.05. The van der Waals surface area contributed by atoms with E-state index in [2.05, 4.69) is 104 Å². The van der Waals surface area contributed by atoms with E-state index in [0.717, 1.165) is 50.0 Å². The Morgan fingerprint density at radius 3 is 2.26 bits per heavy atom. The van der Waals surface area contributed by atoms with Crippen molar-refractivity contribution in [2.75, 3.05) is 0 Å². The Morgan fingerprint density at radius 2 is 1.47 bits per heavy atom. The molecule has 0 aliphatic carbocycles. The van der Waals surface area contributed by atoms with Crippen molar-refractivity contribution in [2.24, 2.45) is 0 Å². The van der Waals surface area contributed by atoms with Gasteiger partial charge >= 0.3 is 0 Å². The van der Waals surface area contributed by atoms with E-state index in [-0.39, 0.29) is 25.5 Å². The average molecular weight is 790 g/mol. The van der Waals surface area contributed by atoms with Crippen LogP contribution in [-0.4, -0.2) is 9.97 Å². The Hall–Kier alpha value is -4.63. The van der Waals surface area contributed by atoms with Gasteiger partial charge in [-0.15, -0.1) is 65.0 Å². The number of furan rings is 1. The minimum Gasteiger partial charge on any atom is -0.456 e. The molecule has 0 unspecified atom stereocenters. The first-order chi connectivity index (χ1) is 22.6. The van der Waals surface area contributed by atoms with Gasteiger partial charge in [0.2, 0.25) is 0 Å². The monoisotopic (exact) mass is 790 g/mol. The van der Waals surface area contributed by atoms with E-state index in [1.54, 1.807) is 6.20 Å². The molecule has 8 rings (SSSR count). The number of nitrogens with zero attached hydrogens (tertiary/aromatic N) is 2. The fourth-order valence-corrected chi connectivity index (χ4v) is 5.97. The zero-order valence-electron chi connectivity index (χ0n) is 28.2. The molecular weight excluding hydrogens is 753 g/mol. The van der Waals surface area contributed by atoms with Crippen molar-refractivity contribution in [1.29, 1.82) is 0 Å². The van der Waals surface area contributed by atoms with E-state index < -0.39 is 5.89 Å². The fraction of sp³-hybridized carbons (Fsp3) is 0.163. The van der Waals surface area contributed by atoms with Crippen LogP contribution in [0.25, 0.3) is 66.0 Å². The number of para-hydroxylation sites is 1. The summed E-state index contributed by atoms with van der Waals surface area (Å²) >= 11 is 0. The number of aromatic nitrogens is 2. The summed E-state index contributed by atoms with van der Waals surface area (Å²) in [5.41, 5.74) is 7.74. The molecule has 1 radical (unpaired) electrons. The zero-order chi connectivity index (χ0) is 32.8. The molecule has 3 nitrogen and oxygen atoms in total. The Kier molecular flexibility index (Phi) is 8.73. The van der Waals surface area contributed by atoms with E-state index in [1.165, 1.54) is 27.1 Å². The summed E-state index contributed by atoms with van der Waals surface area (Å²) < 4.78 is 14.4. The van der Waals surface area contributed by atoms with Gasteiger partial charge in [-0.2, -0.15) is 0 Å². The van der Waals surface area contributed by atoms with Crippen molar-refractivity contribution in [3.05, 3.63) is 145 Å². The predicted octanol–water partition coefficient (Wildman–Crippen LogP) is 11.7. The van der Waals surface area contributed by atoms with Gasteiger partial charge in [0, 0.05) is 50.2 Å².